The van der Waals surface area contributed by atoms with Gasteiger partial charge >= 0.3 is 5.97 Å². The van der Waals surface area contributed by atoms with Gasteiger partial charge in [-0.3, -0.25) is 19.2 Å². The highest BCUT2D eigenvalue weighted by molar-refractivity contribution is 5.94. The number of amides is 3. The Hall–Kier alpha value is -2.99. The number of H-pyrrole nitrogens is 1. The number of aliphatic hydroxyl groups is 1. The highest BCUT2D eigenvalue weighted by Gasteiger charge is 2.31. The number of carboxylic acids is 1. The molecular weight excluding hydrogens is 348 g/mol. The maximum Gasteiger partial charge on any atom is 0.305 e. The molecule has 9 N–H and O–H groups in total. The molecule has 3 amide bonds. The lowest BCUT2D eigenvalue weighted by molar-refractivity contribution is -0.140. The molecule has 144 valence electrons. The molecule has 0 spiro atoms. The van der Waals surface area contributed by atoms with Crippen molar-refractivity contribution in [3.63, 3.8) is 0 Å². The molecule has 0 aliphatic carbocycles. The Bertz CT molecular complexity index is 646. The van der Waals surface area contributed by atoms with Gasteiger partial charge < -0.3 is 37.3 Å². The van der Waals surface area contributed by atoms with Gasteiger partial charge in [-0.2, -0.15) is 0 Å². The van der Waals surface area contributed by atoms with Crippen molar-refractivity contribution >= 4 is 23.7 Å². The first kappa shape index (κ1) is 21.1. The van der Waals surface area contributed by atoms with E-state index < -0.39 is 54.3 Å². The number of nitrogens with zero attached hydrogens (tertiary/aromatic N) is 1. The minimum absolute atomic E-state index is 0.114. The molecule has 1 aromatic rings. The number of carbonyl (C=O) groups is 4. The molecule has 0 saturated heterocycles. The normalized spacial score (nSPS) is 15.3. The monoisotopic (exact) mass is 370 g/mol. The van der Waals surface area contributed by atoms with Crippen LogP contribution in [0.4, 0.5) is 0 Å². The van der Waals surface area contributed by atoms with Crippen LogP contribution < -0.4 is 22.1 Å². The summed E-state index contributed by atoms with van der Waals surface area (Å²) in [6, 6.07) is -3.97. The number of aliphatic carboxylic acids is 1. The van der Waals surface area contributed by atoms with Gasteiger partial charge in [0.15, 0.2) is 0 Å². The van der Waals surface area contributed by atoms with E-state index in [0.29, 0.717) is 5.69 Å². The summed E-state index contributed by atoms with van der Waals surface area (Å²) in [6.07, 6.45) is 0.939. The van der Waals surface area contributed by atoms with E-state index in [0.717, 1.165) is 0 Å². The Labute approximate surface area is 148 Å². The minimum Gasteiger partial charge on any atom is -0.481 e. The molecule has 0 fully saturated rings. The largest absolute Gasteiger partial charge is 0.481 e. The maximum atomic E-state index is 12.2. The van der Waals surface area contributed by atoms with Crippen molar-refractivity contribution in [2.45, 2.75) is 44.0 Å². The fourth-order valence-corrected chi connectivity index (χ4v) is 2.05. The van der Waals surface area contributed by atoms with E-state index >= 15 is 0 Å². The van der Waals surface area contributed by atoms with Crippen molar-refractivity contribution in [1.29, 1.82) is 0 Å². The molecular formula is C14H22N6O6. The molecule has 0 aromatic carbocycles. The van der Waals surface area contributed by atoms with Crippen LogP contribution in [0, 0.1) is 0 Å². The molecule has 0 aliphatic heterocycles. The van der Waals surface area contributed by atoms with Gasteiger partial charge in [0, 0.05) is 18.3 Å². The Balaban J connectivity index is 2.74. The first-order chi connectivity index (χ1) is 12.1. The second kappa shape index (κ2) is 9.48. The molecule has 1 heterocycles. The molecule has 0 saturated carbocycles. The molecule has 1 rings (SSSR count). The van der Waals surface area contributed by atoms with E-state index in [1.807, 2.05) is 0 Å². The summed E-state index contributed by atoms with van der Waals surface area (Å²) in [6.45, 7) is 1.24. The second-order valence-corrected chi connectivity index (χ2v) is 5.68. The fourth-order valence-electron chi connectivity index (χ4n) is 2.05. The van der Waals surface area contributed by atoms with Crippen LogP contribution in [0.2, 0.25) is 0 Å². The molecule has 1 aromatic heterocycles. The Morgan fingerprint density at radius 3 is 2.38 bits per heavy atom. The van der Waals surface area contributed by atoms with Crippen LogP contribution in [0.5, 0.6) is 0 Å². The molecule has 0 bridgehead atoms. The predicted octanol–water partition coefficient (Wildman–Crippen LogP) is -3.41. The van der Waals surface area contributed by atoms with Crippen LogP contribution in [-0.4, -0.2) is 68.1 Å². The average Bonchev–Trinajstić information content (AvgIpc) is 3.03. The number of aromatic nitrogens is 2. The van der Waals surface area contributed by atoms with Crippen molar-refractivity contribution in [3.05, 3.63) is 18.2 Å². The smallest absolute Gasteiger partial charge is 0.305 e. The van der Waals surface area contributed by atoms with E-state index in [9.17, 15) is 24.3 Å². The van der Waals surface area contributed by atoms with Crippen LogP contribution in [0.25, 0.3) is 0 Å². The number of hydrogen-bond donors (Lipinski definition) is 7. The van der Waals surface area contributed by atoms with Crippen molar-refractivity contribution in [2.75, 3.05) is 0 Å². The number of hydrogen-bond acceptors (Lipinski definition) is 7. The van der Waals surface area contributed by atoms with Gasteiger partial charge in [-0.15, -0.1) is 0 Å². The number of aromatic amines is 1. The zero-order chi connectivity index (χ0) is 19.9. The van der Waals surface area contributed by atoms with Crippen LogP contribution in [0.15, 0.2) is 12.5 Å². The lowest BCUT2D eigenvalue weighted by atomic mass is 10.1. The van der Waals surface area contributed by atoms with Crippen molar-refractivity contribution in [2.24, 2.45) is 11.5 Å². The molecule has 12 heteroatoms. The summed E-state index contributed by atoms with van der Waals surface area (Å²) in [5.41, 5.74) is 11.4. The second-order valence-electron chi connectivity index (χ2n) is 5.68. The van der Waals surface area contributed by atoms with Gasteiger partial charge in [0.25, 0.3) is 0 Å². The van der Waals surface area contributed by atoms with Gasteiger partial charge in [0.2, 0.25) is 17.7 Å². The van der Waals surface area contributed by atoms with E-state index in [1.54, 1.807) is 0 Å². The lowest BCUT2D eigenvalue weighted by Crippen LogP contribution is -2.59. The third-order valence-corrected chi connectivity index (χ3v) is 3.43. The summed E-state index contributed by atoms with van der Waals surface area (Å²) in [5.74, 6) is -4.11. The third kappa shape index (κ3) is 6.49. The lowest BCUT2D eigenvalue weighted by Gasteiger charge is -2.24. The van der Waals surface area contributed by atoms with E-state index in [-0.39, 0.29) is 6.42 Å². The zero-order valence-corrected chi connectivity index (χ0v) is 14.0. The van der Waals surface area contributed by atoms with Gasteiger partial charge in [0.1, 0.15) is 12.1 Å². The van der Waals surface area contributed by atoms with Crippen LogP contribution in [-0.2, 0) is 25.6 Å². The number of carbonyl (C=O) groups excluding carboxylic acids is 3. The summed E-state index contributed by atoms with van der Waals surface area (Å²) < 4.78 is 0. The standard InChI is InChI=1S/C14H22N6O6/c1-6(21)11(14(26)19-9(12(16)24)3-10(22)23)20-13(25)8(15)2-7-4-17-5-18-7/h4-6,8-9,11,21H,2-3,15H2,1H3,(H2,16,24)(H,17,18)(H,19,26)(H,20,25)(H,22,23)/t6-,8+,9+,11+/m0/s1. The Morgan fingerprint density at radius 1 is 1.27 bits per heavy atom. The SMILES string of the molecule is C[C@H](O)[C@@H](NC(=O)[C@H](N)Cc1cnc[nH]1)C(=O)N[C@H](CC(=O)O)C(N)=O. The predicted molar refractivity (Wildman–Crippen MR) is 87.3 cm³/mol. The van der Waals surface area contributed by atoms with Gasteiger partial charge in [0.05, 0.1) is 24.9 Å². The van der Waals surface area contributed by atoms with Crippen molar-refractivity contribution in [1.82, 2.24) is 20.6 Å². The molecule has 0 unspecified atom stereocenters. The number of carboxylic acid groups (broad SMARTS) is 1. The first-order valence-electron chi connectivity index (χ1n) is 7.64. The van der Waals surface area contributed by atoms with Crippen LogP contribution in [0.3, 0.4) is 0 Å². The number of imidazole rings is 1. The maximum absolute atomic E-state index is 12.2. The average molecular weight is 370 g/mol. The van der Waals surface area contributed by atoms with Gasteiger partial charge in [-0.25, -0.2) is 4.98 Å². The summed E-state index contributed by atoms with van der Waals surface area (Å²) >= 11 is 0. The number of rotatable bonds is 10. The van der Waals surface area contributed by atoms with Crippen molar-refractivity contribution < 1.29 is 29.4 Å². The van der Waals surface area contributed by atoms with Crippen LogP contribution >= 0.6 is 0 Å². The summed E-state index contributed by atoms with van der Waals surface area (Å²) in [7, 11) is 0. The first-order valence-corrected chi connectivity index (χ1v) is 7.64. The topological polar surface area (TPSA) is 214 Å². The van der Waals surface area contributed by atoms with Gasteiger partial charge in [-0.1, -0.05) is 0 Å². The molecule has 0 aliphatic rings. The molecule has 12 nitrogen and oxygen atoms in total. The number of primary amides is 1. The number of aliphatic hydroxyl groups excluding tert-OH is 1. The summed E-state index contributed by atoms with van der Waals surface area (Å²) in [4.78, 5) is 52.9. The fraction of sp³-hybridized carbons (Fsp3) is 0.500. The quantitative estimate of drug-likeness (QED) is 0.220. The van der Waals surface area contributed by atoms with Crippen molar-refractivity contribution in [3.8, 4) is 0 Å². The van der Waals surface area contributed by atoms with E-state index in [2.05, 4.69) is 20.6 Å². The molecule has 4 atom stereocenters. The Morgan fingerprint density at radius 2 is 1.92 bits per heavy atom. The minimum atomic E-state index is -1.49. The summed E-state index contributed by atoms with van der Waals surface area (Å²) in [5, 5.41) is 22.8. The highest BCUT2D eigenvalue weighted by atomic mass is 16.4. The van der Waals surface area contributed by atoms with E-state index in [4.69, 9.17) is 16.6 Å². The highest BCUT2D eigenvalue weighted by Crippen LogP contribution is 2.01. The third-order valence-electron chi connectivity index (χ3n) is 3.43. The van der Waals surface area contributed by atoms with Gasteiger partial charge in [-0.05, 0) is 6.92 Å². The molecule has 0 radical (unpaired) electrons. The number of nitrogens with one attached hydrogen (secondary N) is 3. The molecule has 26 heavy (non-hydrogen) atoms. The number of nitrogens with two attached hydrogens (primary N) is 2. The zero-order valence-electron chi connectivity index (χ0n) is 14.0. The van der Waals surface area contributed by atoms with Crippen LogP contribution in [0.1, 0.15) is 19.0 Å². The van der Waals surface area contributed by atoms with E-state index in [1.165, 1.54) is 19.4 Å². The Kier molecular flexibility index (Phi) is 7.68.